The van der Waals surface area contributed by atoms with Crippen molar-refractivity contribution in [3.05, 3.63) is 206 Å². The second kappa shape index (κ2) is 12.9. The van der Waals surface area contributed by atoms with Crippen LogP contribution in [0.25, 0.3) is 93.6 Å². The molecule has 0 unspecified atom stereocenters. The van der Waals surface area contributed by atoms with Gasteiger partial charge in [0, 0.05) is 54.9 Å². The summed E-state index contributed by atoms with van der Waals surface area (Å²) >= 11 is 0. The molecule has 4 heteroatoms. The minimum Gasteiger partial charge on any atom is -0.455 e. The van der Waals surface area contributed by atoms with E-state index in [1.165, 1.54) is 21.8 Å². The van der Waals surface area contributed by atoms with Crippen molar-refractivity contribution in [2.75, 3.05) is 4.90 Å². The van der Waals surface area contributed by atoms with E-state index in [4.69, 9.17) is 8.83 Å². The quantitative estimate of drug-likeness (QED) is 0.170. The molecule has 9 aromatic carbocycles. The van der Waals surface area contributed by atoms with Crippen LogP contribution in [0, 0.1) is 0 Å². The van der Waals surface area contributed by atoms with Gasteiger partial charge in [0.15, 0.2) is 0 Å². The molecule has 3 aromatic heterocycles. The van der Waals surface area contributed by atoms with Crippen LogP contribution in [0.4, 0.5) is 17.1 Å². The molecular weight excluding hydrogens is 709 g/mol. The van der Waals surface area contributed by atoms with Gasteiger partial charge in [-0.3, -0.25) is 0 Å². The Balaban J connectivity index is 1.13. The van der Waals surface area contributed by atoms with Gasteiger partial charge in [-0.1, -0.05) is 146 Å². The van der Waals surface area contributed by atoms with Crippen molar-refractivity contribution in [1.29, 1.82) is 0 Å². The van der Waals surface area contributed by atoms with Crippen LogP contribution in [0.2, 0.25) is 0 Å². The summed E-state index contributed by atoms with van der Waals surface area (Å²) in [6.07, 6.45) is 0. The van der Waals surface area contributed by atoms with Crippen molar-refractivity contribution >= 4 is 82.7 Å². The molecule has 58 heavy (non-hydrogen) atoms. The van der Waals surface area contributed by atoms with Crippen molar-refractivity contribution in [2.24, 2.45) is 0 Å². The molecule has 272 valence electrons. The summed E-state index contributed by atoms with van der Waals surface area (Å²) < 4.78 is 16.0. The fourth-order valence-electron chi connectivity index (χ4n) is 9.13. The van der Waals surface area contributed by atoms with E-state index < -0.39 is 0 Å². The van der Waals surface area contributed by atoms with Crippen molar-refractivity contribution in [1.82, 2.24) is 4.57 Å². The molecule has 0 fully saturated rings. The van der Waals surface area contributed by atoms with Gasteiger partial charge >= 0.3 is 0 Å². The lowest BCUT2D eigenvalue weighted by Gasteiger charge is -2.29. The fourth-order valence-corrected chi connectivity index (χ4v) is 9.13. The topological polar surface area (TPSA) is 34.5 Å². The Hall–Kier alpha value is -7.82. The summed E-state index contributed by atoms with van der Waals surface area (Å²) in [6.45, 7) is 0. The van der Waals surface area contributed by atoms with Gasteiger partial charge in [0.1, 0.15) is 22.3 Å². The van der Waals surface area contributed by atoms with Crippen LogP contribution in [0.15, 0.2) is 215 Å². The van der Waals surface area contributed by atoms with Gasteiger partial charge in [-0.05, 0) is 60.7 Å². The molecule has 12 aromatic rings. The van der Waals surface area contributed by atoms with Gasteiger partial charge in [0.25, 0.3) is 0 Å². The smallest absolute Gasteiger partial charge is 0.145 e. The third-order valence-electron chi connectivity index (χ3n) is 11.6. The Morgan fingerprint density at radius 3 is 1.64 bits per heavy atom. The second-order valence-corrected chi connectivity index (χ2v) is 14.8. The second-order valence-electron chi connectivity index (χ2n) is 14.8. The van der Waals surface area contributed by atoms with E-state index in [0.29, 0.717) is 0 Å². The molecule has 0 N–H and O–H groups in total. The van der Waals surface area contributed by atoms with Crippen LogP contribution < -0.4 is 4.90 Å². The molecule has 0 aliphatic carbocycles. The molecule has 0 spiro atoms. The monoisotopic (exact) mass is 742 g/mol. The number of anilines is 3. The summed E-state index contributed by atoms with van der Waals surface area (Å²) in [5.74, 6) is 0. The largest absolute Gasteiger partial charge is 0.455 e. The number of fused-ring (bicyclic) bond motifs is 9. The number of rotatable bonds is 6. The Bertz CT molecular complexity index is 3480. The fraction of sp³-hybridized carbons (Fsp3) is 0. The van der Waals surface area contributed by atoms with Crippen molar-refractivity contribution in [2.45, 2.75) is 0 Å². The SMILES string of the molecule is c1ccc(N(c2ccccc2-c2cccc3c2oc2ccccc23)c2ccc(-c3ccccc3-n3c4ccccc4c4ccccc43)c3oc4ccccc4c23)cc1. The third-order valence-corrected chi connectivity index (χ3v) is 11.6. The third kappa shape index (κ3) is 4.82. The first-order chi connectivity index (χ1) is 28.8. The minimum absolute atomic E-state index is 0.838. The van der Waals surface area contributed by atoms with Crippen LogP contribution in [0.1, 0.15) is 0 Å². The standard InChI is InChI=1S/C54H34N2O2/c1-2-17-35(18-3-1)55(45-27-10-6-21-38(45)41-25-16-26-42-40-23-8-14-31-50(40)57-53(41)42)49-34-33-43(54-52(49)44-24-9-15-32-51(44)58-54)39-22-7-13-30-48(39)56-46-28-11-4-19-36(46)37-20-5-12-29-47(37)56/h1-34H. The van der Waals surface area contributed by atoms with Gasteiger partial charge in [-0.15, -0.1) is 0 Å². The lowest BCUT2D eigenvalue weighted by molar-refractivity contribution is 0.669. The Morgan fingerprint density at radius 2 is 0.862 bits per heavy atom. The zero-order chi connectivity index (χ0) is 38.2. The van der Waals surface area contributed by atoms with Crippen molar-refractivity contribution < 1.29 is 8.83 Å². The maximum atomic E-state index is 7.00. The summed E-state index contributed by atoms with van der Waals surface area (Å²) in [5, 5.41) is 6.77. The normalized spacial score (nSPS) is 11.8. The highest BCUT2D eigenvalue weighted by atomic mass is 16.3. The molecule has 0 bridgehead atoms. The van der Waals surface area contributed by atoms with Crippen LogP contribution in [0.3, 0.4) is 0 Å². The predicted molar refractivity (Wildman–Crippen MR) is 241 cm³/mol. The van der Waals surface area contributed by atoms with Crippen LogP contribution in [0.5, 0.6) is 0 Å². The number of nitrogens with zero attached hydrogens (tertiary/aromatic N) is 2. The lowest BCUT2D eigenvalue weighted by atomic mass is 9.96. The van der Waals surface area contributed by atoms with Gasteiger partial charge in [0.2, 0.25) is 0 Å². The molecule has 3 heterocycles. The number of hydrogen-bond acceptors (Lipinski definition) is 3. The van der Waals surface area contributed by atoms with E-state index in [9.17, 15) is 0 Å². The summed E-state index contributed by atoms with van der Waals surface area (Å²) in [6, 6.07) is 73.0. The minimum atomic E-state index is 0.838. The first kappa shape index (κ1) is 32.4. The summed E-state index contributed by atoms with van der Waals surface area (Å²) in [5.41, 5.74) is 14.2. The molecule has 4 nitrogen and oxygen atoms in total. The van der Waals surface area contributed by atoms with E-state index in [1.807, 2.05) is 18.2 Å². The van der Waals surface area contributed by atoms with E-state index in [1.54, 1.807) is 0 Å². The van der Waals surface area contributed by atoms with Gasteiger partial charge in [-0.25, -0.2) is 0 Å². The number of hydrogen-bond donors (Lipinski definition) is 0. The zero-order valence-corrected chi connectivity index (χ0v) is 31.3. The van der Waals surface area contributed by atoms with E-state index in [0.717, 1.165) is 88.9 Å². The van der Waals surface area contributed by atoms with Gasteiger partial charge < -0.3 is 18.3 Å². The highest BCUT2D eigenvalue weighted by molar-refractivity contribution is 6.19. The molecule has 0 amide bonds. The molecule has 0 saturated heterocycles. The summed E-state index contributed by atoms with van der Waals surface area (Å²) in [7, 11) is 0. The van der Waals surface area contributed by atoms with Crippen LogP contribution in [-0.4, -0.2) is 4.57 Å². The maximum Gasteiger partial charge on any atom is 0.145 e. The maximum absolute atomic E-state index is 7.00. The molecule has 0 radical (unpaired) electrons. The Morgan fingerprint density at radius 1 is 0.328 bits per heavy atom. The molecule has 0 atom stereocenters. The highest BCUT2D eigenvalue weighted by Gasteiger charge is 2.26. The Labute approximate surface area is 334 Å². The number of benzene rings is 9. The van der Waals surface area contributed by atoms with Gasteiger partial charge in [0.05, 0.1) is 33.5 Å². The lowest BCUT2D eigenvalue weighted by Crippen LogP contribution is -2.11. The van der Waals surface area contributed by atoms with E-state index in [2.05, 4.69) is 198 Å². The number of para-hydroxylation sites is 8. The van der Waals surface area contributed by atoms with Crippen molar-refractivity contribution in [3.63, 3.8) is 0 Å². The average Bonchev–Trinajstić information content (AvgIpc) is 3.98. The molecule has 12 rings (SSSR count). The molecule has 0 aliphatic rings. The molecule has 0 aliphatic heterocycles. The average molecular weight is 743 g/mol. The Kier molecular flexibility index (Phi) is 7.20. The number of aromatic nitrogens is 1. The van der Waals surface area contributed by atoms with Crippen LogP contribution >= 0.6 is 0 Å². The highest BCUT2D eigenvalue weighted by Crippen LogP contribution is 2.50. The predicted octanol–water partition coefficient (Wildman–Crippen LogP) is 15.4. The summed E-state index contributed by atoms with van der Waals surface area (Å²) in [4.78, 5) is 2.38. The molecular formula is C54H34N2O2. The van der Waals surface area contributed by atoms with E-state index >= 15 is 0 Å². The van der Waals surface area contributed by atoms with E-state index in [-0.39, 0.29) is 0 Å². The van der Waals surface area contributed by atoms with Gasteiger partial charge in [-0.2, -0.15) is 0 Å². The molecule has 0 saturated carbocycles. The first-order valence-corrected chi connectivity index (χ1v) is 19.7. The van der Waals surface area contributed by atoms with Crippen LogP contribution in [-0.2, 0) is 0 Å². The number of furan rings is 2. The first-order valence-electron chi connectivity index (χ1n) is 19.7. The zero-order valence-electron chi connectivity index (χ0n) is 31.3. The van der Waals surface area contributed by atoms with Crippen molar-refractivity contribution in [3.8, 4) is 27.9 Å².